The molecule has 0 saturated heterocycles. The lowest BCUT2D eigenvalue weighted by atomic mass is 10.5. The quantitative estimate of drug-likeness (QED) is 0.867. The average Bonchev–Trinajstić information content (AvgIpc) is 2.85. The fourth-order valence-corrected chi connectivity index (χ4v) is 2.85. The number of sulfonamides is 1. The molecule has 0 atom stereocenters. The molecule has 0 amide bonds. The summed E-state index contributed by atoms with van der Waals surface area (Å²) in [5.41, 5.74) is 0.715. The summed E-state index contributed by atoms with van der Waals surface area (Å²) in [6.45, 7) is 3.76. The SMILES string of the molecule is Cc1ncc(S(=O)(=O)NCc2csc(C)n2)[nH]1. The van der Waals surface area contributed by atoms with Crippen LogP contribution in [-0.2, 0) is 16.6 Å². The second kappa shape index (κ2) is 4.55. The van der Waals surface area contributed by atoms with E-state index < -0.39 is 10.0 Å². The molecule has 0 spiro atoms. The molecule has 2 aromatic rings. The minimum atomic E-state index is -3.53. The lowest BCUT2D eigenvalue weighted by Crippen LogP contribution is -2.23. The summed E-state index contributed by atoms with van der Waals surface area (Å²) in [6, 6.07) is 0. The van der Waals surface area contributed by atoms with E-state index in [0.29, 0.717) is 11.5 Å². The largest absolute Gasteiger partial charge is 0.332 e. The van der Waals surface area contributed by atoms with Gasteiger partial charge in [0.1, 0.15) is 5.82 Å². The maximum atomic E-state index is 11.8. The topological polar surface area (TPSA) is 87.7 Å². The van der Waals surface area contributed by atoms with Crippen LogP contribution in [0.2, 0.25) is 0 Å². The average molecular weight is 272 g/mol. The van der Waals surface area contributed by atoms with Gasteiger partial charge in [-0.25, -0.2) is 23.1 Å². The van der Waals surface area contributed by atoms with Crippen LogP contribution in [0.25, 0.3) is 0 Å². The summed E-state index contributed by atoms with van der Waals surface area (Å²) in [4.78, 5) is 10.7. The number of H-pyrrole nitrogens is 1. The van der Waals surface area contributed by atoms with Gasteiger partial charge >= 0.3 is 0 Å². The first kappa shape index (κ1) is 12.2. The minimum Gasteiger partial charge on any atom is -0.332 e. The fourth-order valence-electron chi connectivity index (χ4n) is 1.27. The highest BCUT2D eigenvalue weighted by Gasteiger charge is 2.16. The predicted molar refractivity (Wildman–Crippen MR) is 64.2 cm³/mol. The third-order valence-corrected chi connectivity index (χ3v) is 4.21. The summed E-state index contributed by atoms with van der Waals surface area (Å²) >= 11 is 1.49. The number of aromatic amines is 1. The van der Waals surface area contributed by atoms with Crippen LogP contribution in [0.5, 0.6) is 0 Å². The number of rotatable bonds is 4. The van der Waals surface area contributed by atoms with Crippen molar-refractivity contribution in [2.24, 2.45) is 0 Å². The number of thiazole rings is 1. The van der Waals surface area contributed by atoms with Gasteiger partial charge < -0.3 is 4.98 Å². The molecule has 6 nitrogen and oxygen atoms in total. The van der Waals surface area contributed by atoms with Crippen molar-refractivity contribution < 1.29 is 8.42 Å². The number of aryl methyl sites for hydroxylation is 2. The zero-order chi connectivity index (χ0) is 12.5. The summed E-state index contributed by atoms with van der Waals surface area (Å²) in [5, 5.41) is 2.81. The van der Waals surface area contributed by atoms with Crippen LogP contribution >= 0.6 is 11.3 Å². The van der Waals surface area contributed by atoms with Gasteiger partial charge in [-0.05, 0) is 13.8 Å². The van der Waals surface area contributed by atoms with Crippen molar-refractivity contribution in [3.05, 3.63) is 28.1 Å². The molecular weight excluding hydrogens is 260 g/mol. The summed E-state index contributed by atoms with van der Waals surface area (Å²) < 4.78 is 26.1. The normalized spacial score (nSPS) is 11.9. The van der Waals surface area contributed by atoms with E-state index in [0.717, 1.165) is 5.01 Å². The smallest absolute Gasteiger partial charge is 0.257 e. The summed E-state index contributed by atoms with van der Waals surface area (Å²) in [6.07, 6.45) is 1.30. The molecule has 0 radical (unpaired) electrons. The highest BCUT2D eigenvalue weighted by Crippen LogP contribution is 2.09. The predicted octanol–water partition coefficient (Wildman–Crippen LogP) is 0.962. The molecule has 0 aromatic carbocycles. The Hall–Kier alpha value is -1.25. The number of aromatic nitrogens is 3. The second-order valence-corrected chi connectivity index (χ2v) is 6.31. The van der Waals surface area contributed by atoms with E-state index in [4.69, 9.17) is 0 Å². The van der Waals surface area contributed by atoms with Gasteiger partial charge in [-0.15, -0.1) is 11.3 Å². The first-order chi connectivity index (χ1) is 7.97. The van der Waals surface area contributed by atoms with Gasteiger partial charge in [0, 0.05) is 5.38 Å². The molecule has 0 aliphatic heterocycles. The van der Waals surface area contributed by atoms with Gasteiger partial charge in [0.15, 0.2) is 5.03 Å². The first-order valence-electron chi connectivity index (χ1n) is 4.89. The van der Waals surface area contributed by atoms with Gasteiger partial charge in [-0.1, -0.05) is 0 Å². The lowest BCUT2D eigenvalue weighted by molar-refractivity contribution is 0.577. The van der Waals surface area contributed by atoms with Gasteiger partial charge in [0.05, 0.1) is 23.4 Å². The molecule has 0 aliphatic rings. The van der Waals surface area contributed by atoms with E-state index in [9.17, 15) is 8.42 Å². The maximum absolute atomic E-state index is 11.8. The first-order valence-corrected chi connectivity index (χ1v) is 7.26. The van der Waals surface area contributed by atoms with Crippen molar-refractivity contribution in [3.8, 4) is 0 Å². The Morgan fingerprint density at radius 3 is 2.76 bits per heavy atom. The van der Waals surface area contributed by atoms with Gasteiger partial charge in [-0.3, -0.25) is 0 Å². The molecule has 0 saturated carbocycles. The number of nitrogens with zero attached hydrogens (tertiary/aromatic N) is 2. The molecular formula is C9H12N4O2S2. The van der Waals surface area contributed by atoms with Crippen LogP contribution in [0.1, 0.15) is 16.5 Å². The molecule has 92 valence electrons. The monoisotopic (exact) mass is 272 g/mol. The van der Waals surface area contributed by atoms with E-state index in [1.807, 2.05) is 12.3 Å². The standard InChI is InChI=1S/C9H12N4O2S2/c1-6-10-4-9(12-6)17(14,15)11-3-8-5-16-7(2)13-8/h4-5,11H,3H2,1-2H3,(H,10,12). The number of imidazole rings is 1. The van der Waals surface area contributed by atoms with Crippen LogP contribution in [0, 0.1) is 13.8 Å². The summed E-state index contributed by atoms with van der Waals surface area (Å²) in [5.74, 6) is 0.565. The van der Waals surface area contributed by atoms with E-state index in [-0.39, 0.29) is 11.6 Å². The Morgan fingerprint density at radius 1 is 1.47 bits per heavy atom. The highest BCUT2D eigenvalue weighted by atomic mass is 32.2. The molecule has 0 aliphatic carbocycles. The molecule has 2 rings (SSSR count). The summed E-state index contributed by atoms with van der Waals surface area (Å²) in [7, 11) is -3.53. The Balaban J connectivity index is 2.08. The molecule has 0 bridgehead atoms. The molecule has 2 N–H and O–H groups in total. The maximum Gasteiger partial charge on any atom is 0.257 e. The van der Waals surface area contributed by atoms with Crippen LogP contribution in [0.15, 0.2) is 16.6 Å². The van der Waals surface area contributed by atoms with Crippen LogP contribution in [-0.4, -0.2) is 23.4 Å². The Kier molecular flexibility index (Phi) is 3.27. The Bertz CT molecular complexity index is 614. The highest BCUT2D eigenvalue weighted by molar-refractivity contribution is 7.89. The number of hydrogen-bond acceptors (Lipinski definition) is 5. The van der Waals surface area contributed by atoms with Gasteiger partial charge in [0.25, 0.3) is 10.0 Å². The molecule has 17 heavy (non-hydrogen) atoms. The fraction of sp³-hybridized carbons (Fsp3) is 0.333. The van der Waals surface area contributed by atoms with E-state index >= 15 is 0 Å². The van der Waals surface area contributed by atoms with Crippen molar-refractivity contribution in [1.82, 2.24) is 19.7 Å². The molecule has 2 heterocycles. The third-order valence-electron chi connectivity index (χ3n) is 2.08. The molecule has 8 heteroatoms. The zero-order valence-corrected chi connectivity index (χ0v) is 11.0. The number of nitrogens with one attached hydrogen (secondary N) is 2. The van der Waals surface area contributed by atoms with Crippen molar-refractivity contribution in [2.75, 3.05) is 0 Å². The van der Waals surface area contributed by atoms with Crippen LogP contribution < -0.4 is 4.72 Å². The van der Waals surface area contributed by atoms with Crippen molar-refractivity contribution in [3.63, 3.8) is 0 Å². The number of hydrogen-bond donors (Lipinski definition) is 2. The Labute approximate surface area is 103 Å². The van der Waals surface area contributed by atoms with E-state index in [1.54, 1.807) is 6.92 Å². The molecule has 2 aromatic heterocycles. The second-order valence-electron chi connectivity index (χ2n) is 3.52. The van der Waals surface area contributed by atoms with Crippen LogP contribution in [0.4, 0.5) is 0 Å². The van der Waals surface area contributed by atoms with E-state index in [1.165, 1.54) is 17.5 Å². The Morgan fingerprint density at radius 2 is 2.24 bits per heavy atom. The molecule has 0 fully saturated rings. The lowest BCUT2D eigenvalue weighted by Gasteiger charge is -2.01. The zero-order valence-electron chi connectivity index (χ0n) is 9.39. The van der Waals surface area contributed by atoms with Crippen molar-refractivity contribution in [1.29, 1.82) is 0 Å². The third kappa shape index (κ3) is 2.90. The van der Waals surface area contributed by atoms with Crippen molar-refractivity contribution in [2.45, 2.75) is 25.4 Å². The molecule has 0 unspecified atom stereocenters. The van der Waals surface area contributed by atoms with E-state index in [2.05, 4.69) is 19.7 Å². The van der Waals surface area contributed by atoms with Crippen LogP contribution in [0.3, 0.4) is 0 Å². The van der Waals surface area contributed by atoms with Gasteiger partial charge in [-0.2, -0.15) is 0 Å². The van der Waals surface area contributed by atoms with Gasteiger partial charge in [0.2, 0.25) is 0 Å². The minimum absolute atomic E-state index is 0.0713. The van der Waals surface area contributed by atoms with Crippen molar-refractivity contribution >= 4 is 21.4 Å².